The zero-order valence-electron chi connectivity index (χ0n) is 16.2. The summed E-state index contributed by atoms with van der Waals surface area (Å²) in [5, 5.41) is 3.34. The summed E-state index contributed by atoms with van der Waals surface area (Å²) in [4.78, 5) is 13.0. The fourth-order valence-corrected chi connectivity index (χ4v) is 5.22. The molecule has 3 aliphatic rings. The van der Waals surface area contributed by atoms with Crippen molar-refractivity contribution in [1.82, 2.24) is 5.32 Å². The van der Waals surface area contributed by atoms with Crippen LogP contribution >= 0.6 is 0 Å². The van der Waals surface area contributed by atoms with Crippen LogP contribution in [0.1, 0.15) is 49.4 Å². The molecule has 1 heterocycles. The van der Waals surface area contributed by atoms with Gasteiger partial charge in [0.2, 0.25) is 0 Å². The Bertz CT molecular complexity index is 638. The molecular formula is C22H31NO4. The molecule has 27 heavy (non-hydrogen) atoms. The summed E-state index contributed by atoms with van der Waals surface area (Å²) < 4.78 is 17.1. The molecule has 0 spiro atoms. The molecule has 5 nitrogen and oxygen atoms in total. The third kappa shape index (κ3) is 3.85. The van der Waals surface area contributed by atoms with Crippen molar-refractivity contribution in [2.75, 3.05) is 26.4 Å². The summed E-state index contributed by atoms with van der Waals surface area (Å²) in [6.07, 6.45) is 6.61. The quantitative estimate of drug-likeness (QED) is 0.710. The van der Waals surface area contributed by atoms with Crippen LogP contribution in [0.3, 0.4) is 0 Å². The number of amides is 1. The van der Waals surface area contributed by atoms with Crippen molar-refractivity contribution < 1.29 is 19.0 Å². The Kier molecular flexibility index (Phi) is 5.98. The third-order valence-corrected chi connectivity index (χ3v) is 6.50. The number of hydrogen-bond donors (Lipinski definition) is 1. The molecule has 0 bridgehead atoms. The lowest BCUT2D eigenvalue weighted by molar-refractivity contribution is -0.0784. The Morgan fingerprint density at radius 3 is 2.81 bits per heavy atom. The van der Waals surface area contributed by atoms with E-state index in [9.17, 15) is 4.79 Å². The van der Waals surface area contributed by atoms with Crippen LogP contribution < -0.4 is 10.1 Å². The van der Waals surface area contributed by atoms with E-state index in [4.69, 9.17) is 14.2 Å². The summed E-state index contributed by atoms with van der Waals surface area (Å²) in [5.41, 5.74) is 0.613. The SMILES string of the molecule is CCOCCOc1ccccc1C(=O)N[C@H]1[C@@H]2CCO[C@@H]2[C@@H]1C1CCCC1. The molecule has 1 saturated heterocycles. The highest BCUT2D eigenvalue weighted by Gasteiger charge is 2.57. The van der Waals surface area contributed by atoms with Crippen LogP contribution in [0.5, 0.6) is 5.75 Å². The monoisotopic (exact) mass is 373 g/mol. The van der Waals surface area contributed by atoms with E-state index in [1.165, 1.54) is 25.7 Å². The van der Waals surface area contributed by atoms with Gasteiger partial charge in [-0.3, -0.25) is 4.79 Å². The lowest BCUT2D eigenvalue weighted by Gasteiger charge is -2.50. The van der Waals surface area contributed by atoms with Crippen molar-refractivity contribution in [2.45, 2.75) is 51.2 Å². The molecule has 0 aromatic heterocycles. The number of carbonyl (C=O) groups is 1. The van der Waals surface area contributed by atoms with E-state index >= 15 is 0 Å². The first-order valence-electron chi connectivity index (χ1n) is 10.5. The lowest BCUT2D eigenvalue weighted by atomic mass is 9.61. The number of ether oxygens (including phenoxy) is 3. The highest BCUT2D eigenvalue weighted by Crippen LogP contribution is 2.51. The maximum absolute atomic E-state index is 13.0. The first kappa shape index (κ1) is 18.8. The lowest BCUT2D eigenvalue weighted by Crippen LogP contribution is -2.63. The molecule has 3 fully saturated rings. The molecule has 5 heteroatoms. The van der Waals surface area contributed by atoms with Gasteiger partial charge in [-0.1, -0.05) is 37.8 Å². The highest BCUT2D eigenvalue weighted by atomic mass is 16.5. The van der Waals surface area contributed by atoms with Crippen molar-refractivity contribution in [3.8, 4) is 5.75 Å². The van der Waals surface area contributed by atoms with Crippen LogP contribution in [0.4, 0.5) is 0 Å². The topological polar surface area (TPSA) is 56.8 Å². The van der Waals surface area contributed by atoms with Gasteiger partial charge in [0.1, 0.15) is 12.4 Å². The Balaban J connectivity index is 1.42. The second kappa shape index (κ2) is 8.61. The van der Waals surface area contributed by atoms with Gasteiger partial charge in [0.25, 0.3) is 5.91 Å². The second-order valence-electron chi connectivity index (χ2n) is 7.95. The van der Waals surface area contributed by atoms with Crippen LogP contribution in [0.2, 0.25) is 0 Å². The van der Waals surface area contributed by atoms with E-state index < -0.39 is 0 Å². The van der Waals surface area contributed by atoms with E-state index in [1.54, 1.807) is 0 Å². The van der Waals surface area contributed by atoms with Crippen LogP contribution in [0.15, 0.2) is 24.3 Å². The predicted octanol–water partition coefficient (Wildman–Crippen LogP) is 3.43. The molecule has 2 aliphatic carbocycles. The van der Waals surface area contributed by atoms with Crippen LogP contribution in [-0.2, 0) is 9.47 Å². The Labute approximate surface area is 161 Å². The minimum absolute atomic E-state index is 0.0274. The van der Waals surface area contributed by atoms with E-state index in [1.807, 2.05) is 31.2 Å². The van der Waals surface area contributed by atoms with Gasteiger partial charge in [-0.15, -0.1) is 0 Å². The Morgan fingerprint density at radius 1 is 1.19 bits per heavy atom. The predicted molar refractivity (Wildman–Crippen MR) is 103 cm³/mol. The standard InChI is InChI=1S/C22H31NO4/c1-2-25-13-14-26-18-10-6-5-9-16(18)22(24)23-20-17-11-12-27-21(17)19(20)15-7-3-4-8-15/h5-6,9-10,15,17,19-21H,2-4,7-8,11-14H2,1H3,(H,23,24)/t17-,19+,20-,21-/m0/s1. The normalized spacial score (nSPS) is 30.0. The highest BCUT2D eigenvalue weighted by molar-refractivity contribution is 5.97. The fourth-order valence-electron chi connectivity index (χ4n) is 5.22. The summed E-state index contributed by atoms with van der Waals surface area (Å²) in [6.45, 7) is 4.44. The fraction of sp³-hybridized carbons (Fsp3) is 0.682. The maximum Gasteiger partial charge on any atom is 0.255 e. The maximum atomic E-state index is 13.0. The van der Waals surface area contributed by atoms with Crippen LogP contribution in [-0.4, -0.2) is 44.5 Å². The van der Waals surface area contributed by atoms with Gasteiger partial charge in [-0.05, 0) is 31.4 Å². The number of rotatable bonds is 8. The van der Waals surface area contributed by atoms with Crippen molar-refractivity contribution >= 4 is 5.91 Å². The van der Waals surface area contributed by atoms with Gasteiger partial charge in [0.05, 0.1) is 18.3 Å². The zero-order valence-corrected chi connectivity index (χ0v) is 16.2. The number of hydrogen-bond acceptors (Lipinski definition) is 4. The summed E-state index contributed by atoms with van der Waals surface area (Å²) in [7, 11) is 0. The number of carbonyl (C=O) groups excluding carboxylic acids is 1. The summed E-state index contributed by atoms with van der Waals surface area (Å²) in [5.74, 6) is 2.26. The molecule has 4 rings (SSSR count). The Morgan fingerprint density at radius 2 is 2.00 bits per heavy atom. The van der Waals surface area contributed by atoms with Gasteiger partial charge in [-0.2, -0.15) is 0 Å². The number of nitrogens with one attached hydrogen (secondary N) is 1. The van der Waals surface area contributed by atoms with Gasteiger partial charge in [0.15, 0.2) is 0 Å². The molecule has 4 atom stereocenters. The van der Waals surface area contributed by atoms with Gasteiger partial charge < -0.3 is 19.5 Å². The number of benzene rings is 1. The van der Waals surface area contributed by atoms with Crippen molar-refractivity contribution in [2.24, 2.45) is 17.8 Å². The average Bonchev–Trinajstić information content (AvgIpc) is 3.35. The summed E-state index contributed by atoms with van der Waals surface area (Å²) >= 11 is 0. The van der Waals surface area contributed by atoms with Gasteiger partial charge >= 0.3 is 0 Å². The largest absolute Gasteiger partial charge is 0.490 e. The van der Waals surface area contributed by atoms with E-state index in [-0.39, 0.29) is 11.9 Å². The van der Waals surface area contributed by atoms with Crippen LogP contribution in [0, 0.1) is 17.8 Å². The van der Waals surface area contributed by atoms with Crippen molar-refractivity contribution in [1.29, 1.82) is 0 Å². The van der Waals surface area contributed by atoms with Gasteiger partial charge in [0, 0.05) is 31.1 Å². The molecule has 148 valence electrons. The van der Waals surface area contributed by atoms with Gasteiger partial charge in [-0.25, -0.2) is 0 Å². The molecule has 2 saturated carbocycles. The number of para-hydroxylation sites is 1. The van der Waals surface area contributed by atoms with E-state index in [2.05, 4.69) is 5.32 Å². The first-order valence-corrected chi connectivity index (χ1v) is 10.5. The molecule has 1 aliphatic heterocycles. The molecule has 0 radical (unpaired) electrons. The minimum Gasteiger partial charge on any atom is -0.490 e. The second-order valence-corrected chi connectivity index (χ2v) is 7.95. The van der Waals surface area contributed by atoms with E-state index in [0.717, 1.165) is 13.0 Å². The smallest absolute Gasteiger partial charge is 0.255 e. The molecule has 1 amide bonds. The van der Waals surface area contributed by atoms with E-state index in [0.29, 0.717) is 55.0 Å². The summed E-state index contributed by atoms with van der Waals surface area (Å²) in [6, 6.07) is 7.73. The third-order valence-electron chi connectivity index (χ3n) is 6.50. The molecule has 1 N–H and O–H groups in total. The zero-order chi connectivity index (χ0) is 18.6. The van der Waals surface area contributed by atoms with Crippen LogP contribution in [0.25, 0.3) is 0 Å². The Hall–Kier alpha value is -1.59. The molecule has 1 aromatic rings. The average molecular weight is 373 g/mol. The molecule has 0 unspecified atom stereocenters. The minimum atomic E-state index is -0.0274. The first-order chi connectivity index (χ1) is 13.3. The molecular weight excluding hydrogens is 342 g/mol. The van der Waals surface area contributed by atoms with Crippen molar-refractivity contribution in [3.05, 3.63) is 29.8 Å². The van der Waals surface area contributed by atoms with Crippen molar-refractivity contribution in [3.63, 3.8) is 0 Å². The number of fused-ring (bicyclic) bond motifs is 1. The molecule has 1 aromatic carbocycles.